The van der Waals surface area contributed by atoms with Gasteiger partial charge in [-0.1, -0.05) is 27.7 Å². The van der Waals surface area contributed by atoms with E-state index in [9.17, 15) is 0 Å². The minimum Gasteiger partial charge on any atom is -0.382 e. The third-order valence-corrected chi connectivity index (χ3v) is 4.57. The first-order chi connectivity index (χ1) is 9.38. The predicted molar refractivity (Wildman–Crippen MR) is 85.1 cm³/mol. The maximum absolute atomic E-state index is 6.41. The average Bonchev–Trinajstić information content (AvgIpc) is 2.37. The van der Waals surface area contributed by atoms with Gasteiger partial charge in [-0.3, -0.25) is 0 Å². The van der Waals surface area contributed by atoms with Crippen molar-refractivity contribution in [3.63, 3.8) is 0 Å². The summed E-state index contributed by atoms with van der Waals surface area (Å²) >= 11 is 0. The Kier molecular flexibility index (Phi) is 7.49. The van der Waals surface area contributed by atoms with E-state index < -0.39 is 0 Å². The van der Waals surface area contributed by atoms with Gasteiger partial charge in [0.1, 0.15) is 0 Å². The van der Waals surface area contributed by atoms with Gasteiger partial charge in [-0.05, 0) is 44.4 Å². The lowest BCUT2D eigenvalue weighted by molar-refractivity contribution is -0.130. The highest BCUT2D eigenvalue weighted by Crippen LogP contribution is 2.38. The number of nitrogens with one attached hydrogen (secondary N) is 1. The topological polar surface area (TPSA) is 30.5 Å². The Bertz CT molecular complexity index is 258. The summed E-state index contributed by atoms with van der Waals surface area (Å²) in [6.45, 7) is 12.9. The molecule has 1 aliphatic carbocycles. The van der Waals surface area contributed by atoms with Crippen LogP contribution >= 0.6 is 0 Å². The molecule has 0 heterocycles. The summed E-state index contributed by atoms with van der Waals surface area (Å²) in [4.78, 5) is 0. The monoisotopic (exact) mass is 285 g/mol. The van der Waals surface area contributed by atoms with E-state index in [2.05, 4.69) is 39.9 Å². The van der Waals surface area contributed by atoms with E-state index in [1.54, 1.807) is 7.11 Å². The number of methoxy groups -OCH3 is 1. The van der Waals surface area contributed by atoms with Gasteiger partial charge in [-0.15, -0.1) is 0 Å². The summed E-state index contributed by atoms with van der Waals surface area (Å²) in [6.07, 6.45) is 5.09. The van der Waals surface area contributed by atoms with Gasteiger partial charge in [0.15, 0.2) is 0 Å². The highest BCUT2D eigenvalue weighted by molar-refractivity contribution is 4.91. The Morgan fingerprint density at radius 3 is 2.15 bits per heavy atom. The van der Waals surface area contributed by atoms with E-state index in [1.165, 1.54) is 25.7 Å². The van der Waals surface area contributed by atoms with Gasteiger partial charge in [0, 0.05) is 19.7 Å². The molecule has 1 N–H and O–H groups in total. The van der Waals surface area contributed by atoms with Crippen LogP contribution in [0.15, 0.2) is 0 Å². The molecule has 120 valence electrons. The molecule has 1 rings (SSSR count). The van der Waals surface area contributed by atoms with Gasteiger partial charge in [0.25, 0.3) is 0 Å². The largest absolute Gasteiger partial charge is 0.382 e. The first kappa shape index (κ1) is 17.9. The van der Waals surface area contributed by atoms with Crippen molar-refractivity contribution in [3.05, 3.63) is 0 Å². The maximum atomic E-state index is 6.41. The van der Waals surface area contributed by atoms with Gasteiger partial charge in [0.05, 0.1) is 18.3 Å². The molecule has 0 aliphatic heterocycles. The molecule has 0 aromatic carbocycles. The predicted octanol–water partition coefficient (Wildman–Crippen LogP) is 3.62. The van der Waals surface area contributed by atoms with Crippen LogP contribution < -0.4 is 5.32 Å². The molecule has 0 aromatic rings. The van der Waals surface area contributed by atoms with Crippen LogP contribution in [-0.4, -0.2) is 38.0 Å². The number of rotatable bonds is 8. The lowest BCUT2D eigenvalue weighted by Crippen LogP contribution is -2.50. The smallest absolute Gasteiger partial charge is 0.0811 e. The zero-order valence-corrected chi connectivity index (χ0v) is 14.4. The summed E-state index contributed by atoms with van der Waals surface area (Å²) in [5, 5.41) is 3.58. The summed E-state index contributed by atoms with van der Waals surface area (Å²) in [5.74, 6) is 1.66. The molecule has 1 unspecified atom stereocenters. The van der Waals surface area contributed by atoms with Crippen molar-refractivity contribution in [2.45, 2.75) is 78.0 Å². The molecule has 3 nitrogen and oxygen atoms in total. The fraction of sp³-hybridized carbons (Fsp3) is 1.00. The molecule has 1 fully saturated rings. The zero-order valence-electron chi connectivity index (χ0n) is 14.4. The second-order valence-corrected chi connectivity index (χ2v) is 7.18. The number of hydrogen-bond acceptors (Lipinski definition) is 3. The molecule has 0 saturated heterocycles. The minimum atomic E-state index is 0.00755. The van der Waals surface area contributed by atoms with Crippen LogP contribution in [0, 0.1) is 11.8 Å². The quantitative estimate of drug-likeness (QED) is 0.739. The normalized spacial score (nSPS) is 29.1. The molecule has 1 aliphatic rings. The Morgan fingerprint density at radius 1 is 1.10 bits per heavy atom. The molecular weight excluding hydrogens is 250 g/mol. The molecule has 0 amide bonds. The standard InChI is InChI=1S/C17H35NO2/c1-13(2)16-7-9-17(10-8-16,12-18-14(3)4)20-15(5)11-19-6/h13-16,18H,7-12H2,1-6H3. The first-order valence-corrected chi connectivity index (χ1v) is 8.28. The van der Waals surface area contributed by atoms with Gasteiger partial charge in [-0.25, -0.2) is 0 Å². The SMILES string of the molecule is COCC(C)OC1(CNC(C)C)CCC(C(C)C)CC1. The molecule has 0 bridgehead atoms. The fourth-order valence-electron chi connectivity index (χ4n) is 3.25. The first-order valence-electron chi connectivity index (χ1n) is 8.28. The molecule has 1 atom stereocenters. The van der Waals surface area contributed by atoms with Crippen molar-refractivity contribution in [3.8, 4) is 0 Å². The minimum absolute atomic E-state index is 0.00755. The molecule has 0 radical (unpaired) electrons. The maximum Gasteiger partial charge on any atom is 0.0811 e. The lowest BCUT2D eigenvalue weighted by atomic mass is 9.74. The molecule has 20 heavy (non-hydrogen) atoms. The summed E-state index contributed by atoms with van der Waals surface area (Å²) in [6, 6.07) is 0.510. The molecule has 1 saturated carbocycles. The van der Waals surface area contributed by atoms with Crippen LogP contribution in [0.1, 0.15) is 60.3 Å². The zero-order chi connectivity index (χ0) is 15.2. The second kappa shape index (κ2) is 8.35. The van der Waals surface area contributed by atoms with E-state index >= 15 is 0 Å². The van der Waals surface area contributed by atoms with Crippen LogP contribution in [0.3, 0.4) is 0 Å². The fourth-order valence-corrected chi connectivity index (χ4v) is 3.25. The number of ether oxygens (including phenoxy) is 2. The molecular formula is C17H35NO2. The summed E-state index contributed by atoms with van der Waals surface area (Å²) in [7, 11) is 1.74. The van der Waals surface area contributed by atoms with Crippen molar-refractivity contribution in [1.82, 2.24) is 5.32 Å². The Hall–Kier alpha value is -0.120. The van der Waals surface area contributed by atoms with Crippen molar-refractivity contribution in [2.24, 2.45) is 11.8 Å². The highest BCUT2D eigenvalue weighted by atomic mass is 16.5. The summed E-state index contributed by atoms with van der Waals surface area (Å²) in [5.41, 5.74) is 0.00755. The average molecular weight is 285 g/mol. The van der Waals surface area contributed by atoms with Crippen LogP contribution in [0.25, 0.3) is 0 Å². The lowest BCUT2D eigenvalue weighted by Gasteiger charge is -2.43. The van der Waals surface area contributed by atoms with Gasteiger partial charge < -0.3 is 14.8 Å². The van der Waals surface area contributed by atoms with Gasteiger partial charge in [-0.2, -0.15) is 0 Å². The van der Waals surface area contributed by atoms with Crippen LogP contribution in [0.4, 0.5) is 0 Å². The van der Waals surface area contributed by atoms with E-state index in [4.69, 9.17) is 9.47 Å². The molecule has 0 aromatic heterocycles. The molecule has 3 heteroatoms. The highest BCUT2D eigenvalue weighted by Gasteiger charge is 2.38. The Labute approximate surface area is 125 Å². The Morgan fingerprint density at radius 2 is 1.70 bits per heavy atom. The Balaban J connectivity index is 2.61. The summed E-state index contributed by atoms with van der Waals surface area (Å²) < 4.78 is 11.6. The molecule has 0 spiro atoms. The van der Waals surface area contributed by atoms with Crippen molar-refractivity contribution >= 4 is 0 Å². The van der Waals surface area contributed by atoms with Crippen molar-refractivity contribution in [2.75, 3.05) is 20.3 Å². The third kappa shape index (κ3) is 5.71. The van der Waals surface area contributed by atoms with Crippen molar-refractivity contribution < 1.29 is 9.47 Å². The van der Waals surface area contributed by atoms with Gasteiger partial charge in [0.2, 0.25) is 0 Å². The van der Waals surface area contributed by atoms with Crippen LogP contribution in [0.5, 0.6) is 0 Å². The van der Waals surface area contributed by atoms with E-state index in [-0.39, 0.29) is 11.7 Å². The van der Waals surface area contributed by atoms with E-state index in [1.807, 2.05) is 0 Å². The van der Waals surface area contributed by atoms with Crippen LogP contribution in [0.2, 0.25) is 0 Å². The van der Waals surface area contributed by atoms with Gasteiger partial charge >= 0.3 is 0 Å². The van der Waals surface area contributed by atoms with E-state index in [0.717, 1.165) is 18.4 Å². The third-order valence-electron chi connectivity index (χ3n) is 4.57. The van der Waals surface area contributed by atoms with Crippen molar-refractivity contribution in [1.29, 1.82) is 0 Å². The van der Waals surface area contributed by atoms with Crippen LogP contribution in [-0.2, 0) is 9.47 Å². The number of hydrogen-bond donors (Lipinski definition) is 1. The second-order valence-electron chi connectivity index (χ2n) is 7.18. The van der Waals surface area contributed by atoms with E-state index in [0.29, 0.717) is 12.6 Å².